The molecule has 0 spiro atoms. The predicted octanol–water partition coefficient (Wildman–Crippen LogP) is 4.61. The molecule has 1 aliphatic rings. The average Bonchev–Trinajstić information content (AvgIpc) is 3.59. The first-order chi connectivity index (χ1) is 15.3. The molecule has 2 N–H and O–H groups in total. The summed E-state index contributed by atoms with van der Waals surface area (Å²) in [4.78, 5) is 16.9. The molecule has 0 aliphatic heterocycles. The molecule has 32 heavy (non-hydrogen) atoms. The number of alkyl halides is 3. The second kappa shape index (κ2) is 8.86. The van der Waals surface area contributed by atoms with Gasteiger partial charge in [0, 0.05) is 31.1 Å². The van der Waals surface area contributed by atoms with Gasteiger partial charge in [-0.25, -0.2) is 4.79 Å². The molecule has 0 bridgehead atoms. The third kappa shape index (κ3) is 5.54. The number of pyridine rings is 2. The van der Waals surface area contributed by atoms with Crippen LogP contribution >= 0.6 is 0 Å². The van der Waals surface area contributed by atoms with Crippen LogP contribution in [-0.4, -0.2) is 28.5 Å². The van der Waals surface area contributed by atoms with Gasteiger partial charge in [-0.15, -0.1) is 13.2 Å². The largest absolute Gasteiger partial charge is 0.573 e. The molecule has 2 heterocycles. The molecule has 1 aliphatic carbocycles. The fourth-order valence-corrected chi connectivity index (χ4v) is 3.38. The van der Waals surface area contributed by atoms with Crippen LogP contribution in [-0.2, 0) is 6.42 Å². The van der Waals surface area contributed by atoms with Gasteiger partial charge in [0.2, 0.25) is 0 Å². The Labute approximate surface area is 182 Å². The van der Waals surface area contributed by atoms with Crippen molar-refractivity contribution < 1.29 is 22.7 Å². The van der Waals surface area contributed by atoms with Gasteiger partial charge in [0.1, 0.15) is 11.2 Å². The van der Waals surface area contributed by atoms with E-state index in [2.05, 4.69) is 21.1 Å². The number of carbonyl (C=O) groups is 1. The van der Waals surface area contributed by atoms with Crippen molar-refractivity contribution in [1.82, 2.24) is 14.9 Å². The fraction of sp³-hybridized carbons (Fsp3) is 0.261. The van der Waals surface area contributed by atoms with E-state index >= 15 is 0 Å². The Bertz CT molecular complexity index is 1170. The lowest BCUT2D eigenvalue weighted by molar-refractivity contribution is -0.274. The van der Waals surface area contributed by atoms with Gasteiger partial charge in [0.15, 0.2) is 0 Å². The van der Waals surface area contributed by atoms with E-state index in [1.165, 1.54) is 54.9 Å². The molecule has 0 atom stereocenters. The van der Waals surface area contributed by atoms with Gasteiger partial charge in [-0.3, -0.25) is 15.0 Å². The smallest absolute Gasteiger partial charge is 0.406 e. The summed E-state index contributed by atoms with van der Waals surface area (Å²) in [5.74, 6) is 0.299. The summed E-state index contributed by atoms with van der Waals surface area (Å²) in [7, 11) is 0. The predicted molar refractivity (Wildman–Crippen MR) is 111 cm³/mol. The van der Waals surface area contributed by atoms with Crippen LogP contribution in [0.3, 0.4) is 0 Å². The third-order valence-corrected chi connectivity index (χ3v) is 5.14. The fourth-order valence-electron chi connectivity index (χ4n) is 3.38. The van der Waals surface area contributed by atoms with Gasteiger partial charge in [-0.05, 0) is 71.8 Å². The number of carbonyl (C=O) groups excluding carboxylic acids is 1. The van der Waals surface area contributed by atoms with Crippen molar-refractivity contribution in [3.05, 3.63) is 77.7 Å². The number of ether oxygens (including phenoxy) is 1. The maximum atomic E-state index is 12.6. The lowest BCUT2D eigenvalue weighted by Crippen LogP contribution is -2.36. The van der Waals surface area contributed by atoms with Crippen LogP contribution in [0, 0.1) is 5.41 Å². The average molecular weight is 442 g/mol. The molecule has 2 aromatic heterocycles. The lowest BCUT2D eigenvalue weighted by atomic mass is 10.1. The van der Waals surface area contributed by atoms with E-state index in [9.17, 15) is 18.0 Å². The van der Waals surface area contributed by atoms with E-state index < -0.39 is 12.4 Å². The van der Waals surface area contributed by atoms with Gasteiger partial charge >= 0.3 is 12.4 Å². The highest BCUT2D eigenvalue weighted by Gasteiger charge is 2.31. The molecule has 1 fully saturated rings. The topological polar surface area (TPSA) is 80.0 Å². The zero-order valence-electron chi connectivity index (χ0n) is 17.0. The molecule has 1 aromatic carbocycles. The Balaban J connectivity index is 1.41. The molecule has 4 rings (SSSR count). The van der Waals surface area contributed by atoms with Gasteiger partial charge in [0.25, 0.3) is 0 Å². The van der Waals surface area contributed by atoms with Gasteiger partial charge < -0.3 is 10.1 Å². The van der Waals surface area contributed by atoms with Crippen LogP contribution < -0.4 is 15.5 Å². The van der Waals surface area contributed by atoms with Crippen molar-refractivity contribution >= 4 is 6.03 Å². The van der Waals surface area contributed by atoms with Crippen molar-refractivity contribution in [1.29, 1.82) is 5.41 Å². The highest BCUT2D eigenvalue weighted by Crippen LogP contribution is 2.39. The molecule has 1 saturated carbocycles. The Morgan fingerprint density at radius 3 is 2.53 bits per heavy atom. The second-order valence-corrected chi connectivity index (χ2v) is 7.58. The summed E-state index contributed by atoms with van der Waals surface area (Å²) in [5, 5.41) is 10.8. The third-order valence-electron chi connectivity index (χ3n) is 5.14. The van der Waals surface area contributed by atoms with E-state index in [0.717, 1.165) is 10.3 Å². The Kier molecular flexibility index (Phi) is 5.98. The zero-order chi connectivity index (χ0) is 22.7. The monoisotopic (exact) mass is 442 g/mol. The molecule has 6 nitrogen and oxygen atoms in total. The number of nitrogens with one attached hydrogen (secondary N) is 2. The maximum absolute atomic E-state index is 12.6. The van der Waals surface area contributed by atoms with Crippen molar-refractivity contribution in [2.24, 2.45) is 0 Å². The molecule has 0 unspecified atom stereocenters. The molecule has 3 aromatic rings. The molecule has 0 saturated heterocycles. The number of hydrogen-bond donors (Lipinski definition) is 2. The van der Waals surface area contributed by atoms with Crippen molar-refractivity contribution in [3.63, 3.8) is 0 Å². The van der Waals surface area contributed by atoms with Crippen molar-refractivity contribution in [2.75, 3.05) is 6.54 Å². The number of hydrogen-bond acceptors (Lipinski definition) is 4. The number of halogens is 3. The molecular formula is C23H21F3N4O2. The number of nitrogens with zero attached hydrogens (tertiary/aromatic N) is 2. The molecular weight excluding hydrogens is 421 g/mol. The Morgan fingerprint density at radius 2 is 1.84 bits per heavy atom. The van der Waals surface area contributed by atoms with E-state index in [1.807, 2.05) is 6.07 Å². The van der Waals surface area contributed by atoms with Crippen LogP contribution in [0.2, 0.25) is 0 Å². The van der Waals surface area contributed by atoms with E-state index in [-0.39, 0.29) is 11.2 Å². The minimum absolute atomic E-state index is 0.0165. The second-order valence-electron chi connectivity index (χ2n) is 7.58. The number of aromatic nitrogens is 2. The first-order valence-electron chi connectivity index (χ1n) is 10.1. The van der Waals surface area contributed by atoms with Gasteiger partial charge in [-0.1, -0.05) is 12.1 Å². The normalized spacial score (nSPS) is 13.6. The lowest BCUT2D eigenvalue weighted by Gasteiger charge is -2.12. The van der Waals surface area contributed by atoms with E-state index in [0.29, 0.717) is 30.0 Å². The Hall–Kier alpha value is -3.62. The van der Waals surface area contributed by atoms with Crippen LogP contribution in [0.15, 0.2) is 60.9 Å². The first kappa shape index (κ1) is 21.6. The number of benzene rings is 1. The SMILES string of the molecule is N=c1ccc(-c2ccc(OC(F)(F)F)cc2)cn1C(=O)NCCc1cc(C2CC2)ccn1. The molecule has 166 valence electrons. The minimum Gasteiger partial charge on any atom is -0.406 e. The summed E-state index contributed by atoms with van der Waals surface area (Å²) in [6, 6.07) is 12.0. The van der Waals surface area contributed by atoms with Gasteiger partial charge in [0.05, 0.1) is 0 Å². The van der Waals surface area contributed by atoms with Crippen LogP contribution in [0.4, 0.5) is 18.0 Å². The highest BCUT2D eigenvalue weighted by atomic mass is 19.4. The summed E-state index contributed by atoms with van der Waals surface area (Å²) < 4.78 is 42.0. The quantitative estimate of drug-likeness (QED) is 0.585. The maximum Gasteiger partial charge on any atom is 0.573 e. The molecule has 0 radical (unpaired) electrons. The summed E-state index contributed by atoms with van der Waals surface area (Å²) >= 11 is 0. The minimum atomic E-state index is -4.76. The van der Waals surface area contributed by atoms with Crippen molar-refractivity contribution in [3.8, 4) is 16.9 Å². The number of amides is 1. The summed E-state index contributed by atoms with van der Waals surface area (Å²) in [6.45, 7) is 0.361. The molecule has 9 heteroatoms. The van der Waals surface area contributed by atoms with Crippen LogP contribution in [0.25, 0.3) is 11.1 Å². The first-order valence-corrected chi connectivity index (χ1v) is 10.1. The number of rotatable bonds is 6. The summed E-state index contributed by atoms with van der Waals surface area (Å²) in [5.41, 5.74) is 3.33. The van der Waals surface area contributed by atoms with Crippen molar-refractivity contribution in [2.45, 2.75) is 31.5 Å². The van der Waals surface area contributed by atoms with Crippen LogP contribution in [0.1, 0.15) is 30.0 Å². The molecule has 1 amide bonds. The highest BCUT2D eigenvalue weighted by molar-refractivity contribution is 5.78. The summed E-state index contributed by atoms with van der Waals surface area (Å²) in [6.07, 6.45) is 1.49. The van der Waals surface area contributed by atoms with E-state index in [4.69, 9.17) is 5.41 Å². The van der Waals surface area contributed by atoms with Crippen LogP contribution in [0.5, 0.6) is 5.75 Å². The zero-order valence-corrected chi connectivity index (χ0v) is 17.0. The van der Waals surface area contributed by atoms with Gasteiger partial charge in [-0.2, -0.15) is 0 Å². The standard InChI is InChI=1S/C23H21F3N4O2/c24-23(25,26)32-20-6-3-16(4-7-20)18-5-8-21(27)30(14-18)22(31)29-12-10-19-13-17(9-11-28-19)15-1-2-15/h3-9,11,13-15,27H,1-2,10,12H2,(H,29,31). The Morgan fingerprint density at radius 1 is 1.12 bits per heavy atom. The van der Waals surface area contributed by atoms with E-state index in [1.54, 1.807) is 12.3 Å².